The number of carbonyl (C=O) groups excluding carboxylic acids is 1. The number of hydrogen-bond donors (Lipinski definition) is 3. The molecule has 1 amide bonds. The average Bonchev–Trinajstić information content (AvgIpc) is 2.56. The van der Waals surface area contributed by atoms with Crippen LogP contribution in [-0.2, 0) is 19.1 Å². The van der Waals surface area contributed by atoms with E-state index in [9.17, 15) is 4.79 Å². The molecule has 24 heavy (non-hydrogen) atoms. The van der Waals surface area contributed by atoms with Crippen LogP contribution in [0.25, 0.3) is 0 Å². The van der Waals surface area contributed by atoms with E-state index in [1.165, 1.54) is 0 Å². The molecule has 0 unspecified atom stereocenters. The molecule has 1 fully saturated rings. The van der Waals surface area contributed by atoms with Gasteiger partial charge in [-0.15, -0.1) is 0 Å². The molecule has 1 saturated heterocycles. The molecular formula is C15H19ClN2O6. The Kier molecular flexibility index (Phi) is 8.77. The summed E-state index contributed by atoms with van der Waals surface area (Å²) in [5.41, 5.74) is 0.672. The molecule has 0 aliphatic carbocycles. The van der Waals surface area contributed by atoms with Gasteiger partial charge in [0.2, 0.25) is 5.91 Å². The number of hydrogen-bond acceptors (Lipinski definition) is 5. The Morgan fingerprint density at radius 3 is 2.25 bits per heavy atom. The van der Waals surface area contributed by atoms with Crippen molar-refractivity contribution >= 4 is 35.1 Å². The van der Waals surface area contributed by atoms with Gasteiger partial charge in [0.25, 0.3) is 0 Å². The van der Waals surface area contributed by atoms with Crippen LogP contribution in [0.15, 0.2) is 24.3 Å². The van der Waals surface area contributed by atoms with E-state index in [0.717, 1.165) is 32.8 Å². The molecular weight excluding hydrogens is 340 g/mol. The number of carboxylic acids is 2. The van der Waals surface area contributed by atoms with E-state index in [0.29, 0.717) is 17.1 Å². The van der Waals surface area contributed by atoms with E-state index >= 15 is 0 Å². The molecule has 1 aliphatic rings. The summed E-state index contributed by atoms with van der Waals surface area (Å²) in [6, 6.07) is 7.25. The van der Waals surface area contributed by atoms with E-state index in [4.69, 9.17) is 36.1 Å². The predicted molar refractivity (Wildman–Crippen MR) is 87.2 cm³/mol. The predicted octanol–water partition coefficient (Wildman–Crippen LogP) is 1.16. The van der Waals surface area contributed by atoms with Crippen molar-refractivity contribution in [2.24, 2.45) is 0 Å². The molecule has 0 spiro atoms. The van der Waals surface area contributed by atoms with E-state index < -0.39 is 11.9 Å². The molecule has 2 rings (SSSR count). The van der Waals surface area contributed by atoms with Crippen LogP contribution in [0.4, 0.5) is 5.69 Å². The van der Waals surface area contributed by atoms with Crippen LogP contribution < -0.4 is 5.32 Å². The SMILES string of the molecule is O=C(CCN1CCOCC1)Nc1ccccc1Cl.O=C(O)C(=O)O. The zero-order chi connectivity index (χ0) is 17.9. The molecule has 9 heteroatoms. The molecule has 0 saturated carbocycles. The number of nitrogens with zero attached hydrogens (tertiary/aromatic N) is 1. The number of benzene rings is 1. The third-order valence-corrected chi connectivity index (χ3v) is 3.42. The number of para-hydroxylation sites is 1. The van der Waals surface area contributed by atoms with Crippen molar-refractivity contribution in [1.29, 1.82) is 0 Å². The van der Waals surface area contributed by atoms with Crippen LogP contribution in [0.1, 0.15) is 6.42 Å². The van der Waals surface area contributed by atoms with Gasteiger partial charge in [-0.25, -0.2) is 9.59 Å². The highest BCUT2D eigenvalue weighted by Crippen LogP contribution is 2.20. The molecule has 3 N–H and O–H groups in total. The molecule has 1 heterocycles. The van der Waals surface area contributed by atoms with Gasteiger partial charge in [-0.3, -0.25) is 9.69 Å². The van der Waals surface area contributed by atoms with Gasteiger partial charge in [0.05, 0.1) is 23.9 Å². The van der Waals surface area contributed by atoms with Gasteiger partial charge in [0.15, 0.2) is 0 Å². The maximum Gasteiger partial charge on any atom is 0.414 e. The first kappa shape index (κ1) is 19.9. The Hall–Kier alpha value is -2.16. The summed E-state index contributed by atoms with van der Waals surface area (Å²) in [6.07, 6.45) is 0.477. The smallest absolute Gasteiger partial charge is 0.414 e. The van der Waals surface area contributed by atoms with Gasteiger partial charge < -0.3 is 20.3 Å². The van der Waals surface area contributed by atoms with Crippen LogP contribution >= 0.6 is 11.6 Å². The largest absolute Gasteiger partial charge is 0.473 e. The van der Waals surface area contributed by atoms with Gasteiger partial charge in [-0.05, 0) is 12.1 Å². The lowest BCUT2D eigenvalue weighted by Crippen LogP contribution is -2.38. The van der Waals surface area contributed by atoms with E-state index in [2.05, 4.69) is 10.2 Å². The van der Waals surface area contributed by atoms with Gasteiger partial charge in [-0.2, -0.15) is 0 Å². The Labute approximate surface area is 144 Å². The zero-order valence-electron chi connectivity index (χ0n) is 12.9. The summed E-state index contributed by atoms with van der Waals surface area (Å²) in [5, 5.41) is 18.2. The molecule has 132 valence electrons. The molecule has 0 atom stereocenters. The molecule has 1 aromatic rings. The van der Waals surface area contributed by atoms with Crippen LogP contribution in [0.5, 0.6) is 0 Å². The lowest BCUT2D eigenvalue weighted by atomic mass is 10.3. The first-order valence-electron chi connectivity index (χ1n) is 7.21. The zero-order valence-corrected chi connectivity index (χ0v) is 13.7. The Bertz CT molecular complexity index is 563. The van der Waals surface area contributed by atoms with E-state index in [1.807, 2.05) is 12.1 Å². The first-order valence-corrected chi connectivity index (χ1v) is 7.58. The number of aliphatic carboxylic acids is 2. The fraction of sp³-hybridized carbons (Fsp3) is 0.400. The number of morpholine rings is 1. The van der Waals surface area contributed by atoms with Crippen molar-refractivity contribution in [3.05, 3.63) is 29.3 Å². The van der Waals surface area contributed by atoms with Crippen molar-refractivity contribution in [2.45, 2.75) is 6.42 Å². The van der Waals surface area contributed by atoms with Gasteiger partial charge >= 0.3 is 11.9 Å². The van der Waals surface area contributed by atoms with E-state index in [1.54, 1.807) is 12.1 Å². The number of carboxylic acid groups (broad SMARTS) is 2. The van der Waals surface area contributed by atoms with Gasteiger partial charge in [0.1, 0.15) is 0 Å². The quantitative estimate of drug-likeness (QED) is 0.691. The maximum absolute atomic E-state index is 11.8. The normalized spacial score (nSPS) is 14.2. The Balaban J connectivity index is 0.000000413. The highest BCUT2D eigenvalue weighted by Gasteiger charge is 2.12. The fourth-order valence-electron chi connectivity index (χ4n) is 1.86. The summed E-state index contributed by atoms with van der Waals surface area (Å²) in [5.74, 6) is -3.65. The van der Waals surface area contributed by atoms with Crippen LogP contribution in [0.2, 0.25) is 5.02 Å². The van der Waals surface area contributed by atoms with Crippen LogP contribution in [0.3, 0.4) is 0 Å². The minimum atomic E-state index is -1.82. The van der Waals surface area contributed by atoms with Gasteiger partial charge in [-0.1, -0.05) is 23.7 Å². The second-order valence-electron chi connectivity index (χ2n) is 4.84. The number of ether oxygens (including phenoxy) is 1. The molecule has 1 aromatic carbocycles. The van der Waals surface area contributed by atoms with Crippen molar-refractivity contribution in [2.75, 3.05) is 38.2 Å². The highest BCUT2D eigenvalue weighted by atomic mass is 35.5. The van der Waals surface area contributed by atoms with Crippen molar-refractivity contribution < 1.29 is 29.3 Å². The van der Waals surface area contributed by atoms with E-state index in [-0.39, 0.29) is 5.91 Å². The summed E-state index contributed by atoms with van der Waals surface area (Å²) in [4.78, 5) is 32.2. The monoisotopic (exact) mass is 358 g/mol. The summed E-state index contributed by atoms with van der Waals surface area (Å²) in [6.45, 7) is 4.08. The standard InChI is InChI=1S/C13H17ClN2O2.C2H2O4/c14-11-3-1-2-4-12(11)15-13(17)5-6-16-7-9-18-10-8-16;3-1(4)2(5)6/h1-4H,5-10H2,(H,15,17);(H,3,4)(H,5,6). The Morgan fingerprint density at radius 1 is 1.12 bits per heavy atom. The van der Waals surface area contributed by atoms with Crippen LogP contribution in [-0.4, -0.2) is 65.8 Å². The number of amides is 1. The first-order chi connectivity index (χ1) is 11.4. The summed E-state index contributed by atoms with van der Waals surface area (Å²) < 4.78 is 5.26. The number of rotatable bonds is 4. The average molecular weight is 359 g/mol. The topological polar surface area (TPSA) is 116 Å². The minimum absolute atomic E-state index is 0.00501. The maximum atomic E-state index is 11.8. The third-order valence-electron chi connectivity index (χ3n) is 3.09. The minimum Gasteiger partial charge on any atom is -0.473 e. The molecule has 0 bridgehead atoms. The summed E-state index contributed by atoms with van der Waals surface area (Å²) >= 11 is 5.98. The second-order valence-corrected chi connectivity index (χ2v) is 5.25. The molecule has 1 aliphatic heterocycles. The molecule has 0 aromatic heterocycles. The van der Waals surface area contributed by atoms with Crippen molar-refractivity contribution in [3.8, 4) is 0 Å². The number of anilines is 1. The second kappa shape index (κ2) is 10.6. The highest BCUT2D eigenvalue weighted by molar-refractivity contribution is 6.33. The lowest BCUT2D eigenvalue weighted by Gasteiger charge is -2.26. The fourth-order valence-corrected chi connectivity index (χ4v) is 2.04. The molecule has 0 radical (unpaired) electrons. The number of halogens is 1. The third kappa shape index (κ3) is 7.91. The number of carbonyl (C=O) groups is 3. The lowest BCUT2D eigenvalue weighted by molar-refractivity contribution is -0.159. The van der Waals surface area contributed by atoms with Crippen molar-refractivity contribution in [3.63, 3.8) is 0 Å². The number of nitrogens with one attached hydrogen (secondary N) is 1. The van der Waals surface area contributed by atoms with Crippen LogP contribution in [0, 0.1) is 0 Å². The Morgan fingerprint density at radius 2 is 1.71 bits per heavy atom. The summed E-state index contributed by atoms with van der Waals surface area (Å²) in [7, 11) is 0. The van der Waals surface area contributed by atoms with Crippen molar-refractivity contribution in [1.82, 2.24) is 4.90 Å². The van der Waals surface area contributed by atoms with Gasteiger partial charge in [0, 0.05) is 26.1 Å². The molecule has 8 nitrogen and oxygen atoms in total.